The molecular weight excluding hydrogens is 330 g/mol. The molecule has 0 aliphatic carbocycles. The van der Waals surface area contributed by atoms with Crippen molar-refractivity contribution in [3.63, 3.8) is 0 Å². The predicted octanol–water partition coefficient (Wildman–Crippen LogP) is 3.98. The van der Waals surface area contributed by atoms with Crippen molar-refractivity contribution < 1.29 is 13.7 Å². The molecule has 1 amide bonds. The van der Waals surface area contributed by atoms with Gasteiger partial charge in [0.05, 0.1) is 0 Å². The van der Waals surface area contributed by atoms with Gasteiger partial charge in [0.1, 0.15) is 11.3 Å². The summed E-state index contributed by atoms with van der Waals surface area (Å²) < 4.78 is 10.8. The van der Waals surface area contributed by atoms with Crippen LogP contribution in [-0.2, 0) is 0 Å². The average molecular weight is 346 g/mol. The highest BCUT2D eigenvalue weighted by Gasteiger charge is 2.25. The Kier molecular flexibility index (Phi) is 4.31. The fourth-order valence-electron chi connectivity index (χ4n) is 2.29. The molecule has 0 unspecified atom stereocenters. The standard InChI is InChI=1S/C17H16ClN3O3/c1-9(2)20-17(22)14-15(21-24-16(14)19)13-7-6-12(23-13)10-4-3-5-11(18)8-10/h3-9H,19H2,1-2H3,(H,20,22). The van der Waals surface area contributed by atoms with Gasteiger partial charge in [-0.2, -0.15) is 0 Å². The first-order chi connectivity index (χ1) is 11.5. The quantitative estimate of drug-likeness (QED) is 0.746. The van der Waals surface area contributed by atoms with E-state index < -0.39 is 0 Å². The number of hydrogen-bond acceptors (Lipinski definition) is 5. The molecule has 2 heterocycles. The molecule has 1 aromatic carbocycles. The lowest BCUT2D eigenvalue weighted by Gasteiger charge is -2.07. The van der Waals surface area contributed by atoms with E-state index in [0.717, 1.165) is 5.56 Å². The summed E-state index contributed by atoms with van der Waals surface area (Å²) in [4.78, 5) is 12.3. The van der Waals surface area contributed by atoms with Crippen LogP contribution in [0.4, 0.5) is 5.88 Å². The number of nitrogens with one attached hydrogen (secondary N) is 1. The molecule has 0 aliphatic heterocycles. The Morgan fingerprint density at radius 2 is 2.00 bits per heavy atom. The van der Waals surface area contributed by atoms with E-state index >= 15 is 0 Å². The molecule has 3 aromatic rings. The SMILES string of the molecule is CC(C)NC(=O)c1c(-c2ccc(-c3cccc(Cl)c3)o2)noc1N. The molecule has 0 fully saturated rings. The lowest BCUT2D eigenvalue weighted by atomic mass is 10.1. The van der Waals surface area contributed by atoms with Crippen LogP contribution in [0, 0.1) is 0 Å². The molecule has 0 saturated heterocycles. The number of nitrogens with two attached hydrogens (primary N) is 1. The number of benzene rings is 1. The van der Waals surface area contributed by atoms with Crippen LogP contribution in [0.3, 0.4) is 0 Å². The van der Waals surface area contributed by atoms with Crippen LogP contribution < -0.4 is 11.1 Å². The second-order valence-corrected chi connectivity index (χ2v) is 6.01. The van der Waals surface area contributed by atoms with E-state index in [9.17, 15) is 4.79 Å². The maximum atomic E-state index is 12.3. The lowest BCUT2D eigenvalue weighted by molar-refractivity contribution is 0.0944. The third-order valence-electron chi connectivity index (χ3n) is 3.31. The number of hydrogen-bond donors (Lipinski definition) is 2. The Labute approximate surface area is 143 Å². The smallest absolute Gasteiger partial charge is 0.259 e. The number of rotatable bonds is 4. The number of amides is 1. The van der Waals surface area contributed by atoms with E-state index in [4.69, 9.17) is 26.3 Å². The van der Waals surface area contributed by atoms with Gasteiger partial charge in [-0.3, -0.25) is 4.79 Å². The third-order valence-corrected chi connectivity index (χ3v) is 3.55. The first kappa shape index (κ1) is 16.1. The number of furan rings is 1. The van der Waals surface area contributed by atoms with E-state index in [1.54, 1.807) is 24.3 Å². The predicted molar refractivity (Wildman–Crippen MR) is 91.7 cm³/mol. The highest BCUT2D eigenvalue weighted by molar-refractivity contribution is 6.30. The number of halogens is 1. The first-order valence-electron chi connectivity index (χ1n) is 7.38. The van der Waals surface area contributed by atoms with Gasteiger partial charge in [-0.15, -0.1) is 0 Å². The van der Waals surface area contributed by atoms with Gasteiger partial charge in [-0.25, -0.2) is 0 Å². The second kappa shape index (κ2) is 6.41. The minimum atomic E-state index is -0.362. The molecule has 6 nitrogen and oxygen atoms in total. The monoisotopic (exact) mass is 345 g/mol. The van der Waals surface area contributed by atoms with E-state index in [1.807, 2.05) is 26.0 Å². The van der Waals surface area contributed by atoms with Crippen molar-refractivity contribution >= 4 is 23.4 Å². The Hall–Kier alpha value is -2.73. The lowest BCUT2D eigenvalue weighted by Crippen LogP contribution is -2.30. The number of carbonyl (C=O) groups excluding carboxylic acids is 1. The summed E-state index contributed by atoms with van der Waals surface area (Å²) in [6.07, 6.45) is 0. The fraction of sp³-hybridized carbons (Fsp3) is 0.176. The molecule has 0 atom stereocenters. The highest BCUT2D eigenvalue weighted by Crippen LogP contribution is 2.32. The summed E-state index contributed by atoms with van der Waals surface area (Å²) in [5, 5.41) is 7.23. The van der Waals surface area contributed by atoms with Crippen molar-refractivity contribution in [2.45, 2.75) is 19.9 Å². The topological polar surface area (TPSA) is 94.3 Å². The maximum Gasteiger partial charge on any atom is 0.259 e. The molecule has 3 rings (SSSR count). The van der Waals surface area contributed by atoms with Crippen LogP contribution in [0.5, 0.6) is 0 Å². The molecule has 24 heavy (non-hydrogen) atoms. The van der Waals surface area contributed by atoms with Crippen molar-refractivity contribution in [1.29, 1.82) is 0 Å². The Morgan fingerprint density at radius 3 is 2.71 bits per heavy atom. The Balaban J connectivity index is 1.98. The zero-order valence-electron chi connectivity index (χ0n) is 13.2. The molecule has 3 N–H and O–H groups in total. The van der Waals surface area contributed by atoms with Crippen molar-refractivity contribution in [2.75, 3.05) is 5.73 Å². The van der Waals surface area contributed by atoms with Crippen LogP contribution in [0.25, 0.3) is 22.8 Å². The van der Waals surface area contributed by atoms with E-state index in [0.29, 0.717) is 16.5 Å². The molecule has 2 aromatic heterocycles. The van der Waals surface area contributed by atoms with Crippen LogP contribution in [0.15, 0.2) is 45.3 Å². The molecular formula is C17H16ClN3O3. The van der Waals surface area contributed by atoms with Gasteiger partial charge in [0.15, 0.2) is 11.5 Å². The van der Waals surface area contributed by atoms with E-state index in [-0.39, 0.29) is 29.1 Å². The molecule has 0 saturated carbocycles. The summed E-state index contributed by atoms with van der Waals surface area (Å²) >= 11 is 6.00. The molecule has 7 heteroatoms. The van der Waals surface area contributed by atoms with Gasteiger partial charge in [0, 0.05) is 16.6 Å². The second-order valence-electron chi connectivity index (χ2n) is 5.57. The number of carbonyl (C=O) groups is 1. The zero-order valence-corrected chi connectivity index (χ0v) is 13.9. The van der Waals surface area contributed by atoms with Crippen molar-refractivity contribution in [1.82, 2.24) is 10.5 Å². The number of nitrogen functional groups attached to an aromatic ring is 1. The minimum Gasteiger partial charge on any atom is -0.454 e. The van der Waals surface area contributed by atoms with E-state index in [1.165, 1.54) is 0 Å². The van der Waals surface area contributed by atoms with Gasteiger partial charge >= 0.3 is 0 Å². The number of nitrogens with zero attached hydrogens (tertiary/aromatic N) is 1. The van der Waals surface area contributed by atoms with Gasteiger partial charge in [0.2, 0.25) is 5.88 Å². The number of anilines is 1. The molecule has 0 spiro atoms. The molecule has 124 valence electrons. The van der Waals surface area contributed by atoms with Crippen LogP contribution in [0.2, 0.25) is 5.02 Å². The summed E-state index contributed by atoms with van der Waals surface area (Å²) in [5.41, 5.74) is 6.99. The zero-order chi connectivity index (χ0) is 17.3. The third kappa shape index (κ3) is 3.14. The van der Waals surface area contributed by atoms with Crippen LogP contribution >= 0.6 is 11.6 Å². The van der Waals surface area contributed by atoms with Crippen molar-refractivity contribution in [3.8, 4) is 22.8 Å². The fourth-order valence-corrected chi connectivity index (χ4v) is 2.48. The first-order valence-corrected chi connectivity index (χ1v) is 7.75. The summed E-state index contributed by atoms with van der Waals surface area (Å²) in [5.74, 6) is 0.576. The summed E-state index contributed by atoms with van der Waals surface area (Å²) in [7, 11) is 0. The largest absolute Gasteiger partial charge is 0.454 e. The number of aromatic nitrogens is 1. The maximum absolute atomic E-state index is 12.3. The van der Waals surface area contributed by atoms with Crippen LogP contribution in [-0.4, -0.2) is 17.1 Å². The molecule has 0 aliphatic rings. The normalized spacial score (nSPS) is 11.0. The van der Waals surface area contributed by atoms with Crippen molar-refractivity contribution in [2.24, 2.45) is 0 Å². The van der Waals surface area contributed by atoms with Gasteiger partial charge in [-0.05, 0) is 38.1 Å². The van der Waals surface area contributed by atoms with Crippen LogP contribution in [0.1, 0.15) is 24.2 Å². The molecule has 0 radical (unpaired) electrons. The van der Waals surface area contributed by atoms with Gasteiger partial charge < -0.3 is 20.0 Å². The van der Waals surface area contributed by atoms with Crippen molar-refractivity contribution in [3.05, 3.63) is 47.0 Å². The van der Waals surface area contributed by atoms with Gasteiger partial charge in [0.25, 0.3) is 5.91 Å². The van der Waals surface area contributed by atoms with Gasteiger partial charge in [-0.1, -0.05) is 28.9 Å². The Morgan fingerprint density at radius 1 is 1.25 bits per heavy atom. The minimum absolute atomic E-state index is 0.0433. The summed E-state index contributed by atoms with van der Waals surface area (Å²) in [6.45, 7) is 3.71. The Bertz CT molecular complexity index is 883. The molecule has 0 bridgehead atoms. The van der Waals surface area contributed by atoms with E-state index in [2.05, 4.69) is 10.5 Å². The highest BCUT2D eigenvalue weighted by atomic mass is 35.5. The average Bonchev–Trinajstić information content (AvgIpc) is 3.12. The summed E-state index contributed by atoms with van der Waals surface area (Å²) in [6, 6.07) is 10.7.